The zero-order chi connectivity index (χ0) is 16.2. The third-order valence-corrected chi connectivity index (χ3v) is 4.59. The summed E-state index contributed by atoms with van der Waals surface area (Å²) in [5, 5.41) is 3.22. The minimum Gasteiger partial charge on any atom is -0.356 e. The molecule has 0 fully saturated rings. The van der Waals surface area contributed by atoms with Gasteiger partial charge in [-0.3, -0.25) is 4.79 Å². The van der Waals surface area contributed by atoms with Gasteiger partial charge in [-0.1, -0.05) is 35.9 Å². The van der Waals surface area contributed by atoms with Crippen molar-refractivity contribution in [3.05, 3.63) is 58.4 Å². The van der Waals surface area contributed by atoms with Gasteiger partial charge in [0.25, 0.3) is 5.91 Å². The van der Waals surface area contributed by atoms with Crippen molar-refractivity contribution in [2.24, 2.45) is 0 Å². The smallest absolute Gasteiger partial charge is 0.268 e. The normalized spacial score (nSPS) is 11.4. The quantitative estimate of drug-likeness (QED) is 0.746. The summed E-state index contributed by atoms with van der Waals surface area (Å²) >= 11 is 5.74. The Morgan fingerprint density at radius 2 is 1.86 bits per heavy atom. The minimum absolute atomic E-state index is 0.0723. The number of hydrogen-bond acceptors (Lipinski definition) is 3. The number of halogens is 1. The van der Waals surface area contributed by atoms with Gasteiger partial charge in [0.2, 0.25) is 10.0 Å². The van der Waals surface area contributed by atoms with Crippen LogP contribution in [0.15, 0.2) is 36.5 Å². The minimum atomic E-state index is -3.28. The van der Waals surface area contributed by atoms with Crippen LogP contribution in [0.1, 0.15) is 21.6 Å². The molecular weight excluding hydrogens is 326 g/mol. The Labute approximate surface area is 133 Å². The van der Waals surface area contributed by atoms with Crippen LogP contribution in [0.4, 0.5) is 0 Å². The van der Waals surface area contributed by atoms with Crippen LogP contribution < -0.4 is 10.0 Å². The third kappa shape index (κ3) is 4.59. The van der Waals surface area contributed by atoms with Crippen LogP contribution in [-0.2, 0) is 22.3 Å². The summed E-state index contributed by atoms with van der Waals surface area (Å²) in [7, 11) is -1.90. The van der Waals surface area contributed by atoms with E-state index in [0.29, 0.717) is 22.8 Å². The molecule has 2 aromatic rings. The zero-order valence-electron chi connectivity index (χ0n) is 11.9. The van der Waals surface area contributed by atoms with Crippen molar-refractivity contribution in [3.63, 3.8) is 0 Å². The molecule has 0 aliphatic carbocycles. The fourth-order valence-corrected chi connectivity index (χ4v) is 2.76. The number of benzene rings is 1. The van der Waals surface area contributed by atoms with Gasteiger partial charge in [-0.25, -0.2) is 13.1 Å². The molecule has 0 radical (unpaired) electrons. The maximum atomic E-state index is 11.8. The lowest BCUT2D eigenvalue weighted by atomic mass is 10.1. The van der Waals surface area contributed by atoms with Crippen molar-refractivity contribution in [1.82, 2.24) is 15.0 Å². The second kappa shape index (κ2) is 6.95. The SMILES string of the molecule is CNS(=O)(=O)Cc1ccc(CNC(=O)c2cc(Cl)c[nH]2)cc1. The Bertz CT molecular complexity index is 754. The van der Waals surface area contributed by atoms with Gasteiger partial charge in [0.05, 0.1) is 10.8 Å². The van der Waals surface area contributed by atoms with Crippen molar-refractivity contribution in [2.75, 3.05) is 7.05 Å². The highest BCUT2D eigenvalue weighted by atomic mass is 35.5. The molecule has 22 heavy (non-hydrogen) atoms. The van der Waals surface area contributed by atoms with Crippen LogP contribution >= 0.6 is 11.6 Å². The first kappa shape index (κ1) is 16.5. The van der Waals surface area contributed by atoms with Crippen molar-refractivity contribution in [1.29, 1.82) is 0 Å². The van der Waals surface area contributed by atoms with Crippen LogP contribution in [0.3, 0.4) is 0 Å². The van der Waals surface area contributed by atoms with E-state index in [-0.39, 0.29) is 11.7 Å². The molecule has 0 aliphatic rings. The van der Waals surface area contributed by atoms with Crippen LogP contribution in [0, 0.1) is 0 Å². The lowest BCUT2D eigenvalue weighted by Gasteiger charge is -2.06. The molecule has 6 nitrogen and oxygen atoms in total. The first-order valence-electron chi connectivity index (χ1n) is 6.51. The number of H-pyrrole nitrogens is 1. The van der Waals surface area contributed by atoms with Gasteiger partial charge in [-0.05, 0) is 24.2 Å². The molecule has 1 aromatic carbocycles. The molecule has 0 bridgehead atoms. The van der Waals surface area contributed by atoms with Crippen molar-refractivity contribution >= 4 is 27.5 Å². The molecule has 0 unspecified atom stereocenters. The molecule has 3 N–H and O–H groups in total. The van der Waals surface area contributed by atoms with E-state index in [2.05, 4.69) is 15.0 Å². The summed E-state index contributed by atoms with van der Waals surface area (Å²) in [5.74, 6) is -0.328. The summed E-state index contributed by atoms with van der Waals surface area (Å²) in [5.41, 5.74) is 1.94. The first-order chi connectivity index (χ1) is 10.4. The molecule has 1 amide bonds. The number of nitrogens with one attached hydrogen (secondary N) is 3. The fraction of sp³-hybridized carbons (Fsp3) is 0.214. The molecular formula is C14H16ClN3O3S. The summed E-state index contributed by atoms with van der Waals surface area (Å²) in [6.45, 7) is 0.342. The van der Waals surface area contributed by atoms with E-state index >= 15 is 0 Å². The number of aromatic amines is 1. The second-order valence-corrected chi connectivity index (χ2v) is 7.06. The lowest BCUT2D eigenvalue weighted by Crippen LogP contribution is -2.23. The highest BCUT2D eigenvalue weighted by molar-refractivity contribution is 7.88. The Kier molecular flexibility index (Phi) is 5.23. The van der Waals surface area contributed by atoms with E-state index < -0.39 is 10.0 Å². The average molecular weight is 342 g/mol. The predicted octanol–water partition coefficient (Wildman–Crippen LogP) is 1.65. The predicted molar refractivity (Wildman–Crippen MR) is 85.1 cm³/mol. The molecule has 2 rings (SSSR count). The molecule has 0 spiro atoms. The topological polar surface area (TPSA) is 91.1 Å². The number of amides is 1. The maximum Gasteiger partial charge on any atom is 0.268 e. The Balaban J connectivity index is 1.93. The highest BCUT2D eigenvalue weighted by Gasteiger charge is 2.09. The Hall–Kier alpha value is -1.83. The third-order valence-electron chi connectivity index (χ3n) is 3.04. The summed E-state index contributed by atoms with van der Waals surface area (Å²) in [6, 6.07) is 8.55. The number of carbonyl (C=O) groups excluding carboxylic acids is 1. The van der Waals surface area contributed by atoms with E-state index in [1.807, 2.05) is 0 Å². The molecule has 8 heteroatoms. The van der Waals surface area contributed by atoms with Crippen molar-refractivity contribution < 1.29 is 13.2 Å². The van der Waals surface area contributed by atoms with Crippen LogP contribution in [0.2, 0.25) is 5.02 Å². The van der Waals surface area contributed by atoms with E-state index in [4.69, 9.17) is 11.6 Å². The van der Waals surface area contributed by atoms with Crippen LogP contribution in [0.25, 0.3) is 0 Å². The van der Waals surface area contributed by atoms with Gasteiger partial charge in [0.1, 0.15) is 5.69 Å². The molecule has 1 aromatic heterocycles. The number of hydrogen-bond donors (Lipinski definition) is 3. The van der Waals surface area contributed by atoms with E-state index in [0.717, 1.165) is 5.56 Å². The second-order valence-electron chi connectivity index (χ2n) is 4.69. The van der Waals surface area contributed by atoms with E-state index in [1.165, 1.54) is 13.2 Å². The van der Waals surface area contributed by atoms with Crippen LogP contribution in [0.5, 0.6) is 0 Å². The number of carbonyl (C=O) groups is 1. The number of rotatable bonds is 6. The van der Waals surface area contributed by atoms with Gasteiger partial charge < -0.3 is 10.3 Å². The Morgan fingerprint density at radius 1 is 1.23 bits per heavy atom. The largest absolute Gasteiger partial charge is 0.356 e. The van der Waals surface area contributed by atoms with E-state index in [9.17, 15) is 13.2 Å². The van der Waals surface area contributed by atoms with Crippen LogP contribution in [-0.4, -0.2) is 26.4 Å². The van der Waals surface area contributed by atoms with Gasteiger partial charge in [0.15, 0.2) is 0 Å². The summed E-state index contributed by atoms with van der Waals surface area (Å²) in [4.78, 5) is 14.6. The fourth-order valence-electron chi connectivity index (χ4n) is 1.82. The lowest BCUT2D eigenvalue weighted by molar-refractivity contribution is 0.0946. The zero-order valence-corrected chi connectivity index (χ0v) is 13.5. The standard InChI is InChI=1S/C14H16ClN3O3S/c1-16-22(20,21)9-11-4-2-10(3-5-11)7-18-14(19)13-6-12(15)8-17-13/h2-6,8,16-17H,7,9H2,1H3,(H,18,19). The molecule has 118 valence electrons. The average Bonchev–Trinajstić information content (AvgIpc) is 2.92. The number of aromatic nitrogens is 1. The highest BCUT2D eigenvalue weighted by Crippen LogP contribution is 2.10. The molecule has 1 heterocycles. The van der Waals surface area contributed by atoms with E-state index in [1.54, 1.807) is 30.3 Å². The summed E-state index contributed by atoms with van der Waals surface area (Å²) in [6.07, 6.45) is 1.54. The van der Waals surface area contributed by atoms with Gasteiger partial charge in [-0.2, -0.15) is 0 Å². The van der Waals surface area contributed by atoms with Gasteiger partial charge in [-0.15, -0.1) is 0 Å². The monoisotopic (exact) mass is 341 g/mol. The van der Waals surface area contributed by atoms with Gasteiger partial charge in [0, 0.05) is 12.7 Å². The van der Waals surface area contributed by atoms with Crippen molar-refractivity contribution in [2.45, 2.75) is 12.3 Å². The maximum absolute atomic E-state index is 11.8. The molecule has 0 aliphatic heterocycles. The van der Waals surface area contributed by atoms with Gasteiger partial charge >= 0.3 is 0 Å². The van der Waals surface area contributed by atoms with Crippen molar-refractivity contribution in [3.8, 4) is 0 Å². The number of sulfonamides is 1. The molecule has 0 saturated carbocycles. The Morgan fingerprint density at radius 3 is 2.41 bits per heavy atom. The first-order valence-corrected chi connectivity index (χ1v) is 8.54. The summed E-state index contributed by atoms with van der Waals surface area (Å²) < 4.78 is 25.2. The molecule has 0 saturated heterocycles. The molecule has 0 atom stereocenters.